The van der Waals surface area contributed by atoms with Gasteiger partial charge in [0.1, 0.15) is 35.4 Å². The van der Waals surface area contributed by atoms with E-state index in [1.54, 1.807) is 39.4 Å². The third-order valence-electron chi connectivity index (χ3n) is 6.22. The van der Waals surface area contributed by atoms with Crippen molar-refractivity contribution in [2.45, 2.75) is 45.3 Å². The Bertz CT molecular complexity index is 1420. The van der Waals surface area contributed by atoms with Gasteiger partial charge in [0.05, 0.1) is 29.9 Å². The molecule has 8 nitrogen and oxygen atoms in total. The van der Waals surface area contributed by atoms with E-state index in [0.717, 1.165) is 31.0 Å². The predicted octanol–water partition coefficient (Wildman–Crippen LogP) is 5.53. The van der Waals surface area contributed by atoms with Crippen molar-refractivity contribution in [3.63, 3.8) is 0 Å². The summed E-state index contributed by atoms with van der Waals surface area (Å²) in [6, 6.07) is 6.61. The number of alkyl halides is 2. The van der Waals surface area contributed by atoms with Crippen LogP contribution in [-0.4, -0.2) is 51.2 Å². The highest BCUT2D eigenvalue weighted by atomic mass is 19.3. The smallest absolute Gasteiger partial charge is 0.303 e. The molecular weight excluding hydrogens is 499 g/mol. The Balaban J connectivity index is 1.77. The Labute approximate surface area is 218 Å². The number of benzene rings is 2. The molecule has 4 rings (SSSR count). The summed E-state index contributed by atoms with van der Waals surface area (Å²) in [5, 5.41) is 20.5. The second kappa shape index (κ2) is 10.6. The average Bonchev–Trinajstić information content (AvgIpc) is 3.38. The van der Waals surface area contributed by atoms with Crippen LogP contribution in [0.4, 0.5) is 19.0 Å². The van der Waals surface area contributed by atoms with Crippen LogP contribution in [0.15, 0.2) is 42.7 Å². The van der Waals surface area contributed by atoms with Gasteiger partial charge in [0, 0.05) is 35.4 Å². The standard InChI is InChI=1S/C27H30F3N5O3/c1-15(18-7-6-8-21(24(18)28)27(29,30)26(3,4)36)33-25-20-12-23(38-10-9-37-5)19(17-13-31-32-14-17)11-22(20)34-16(2)35-25/h6-8,11-15,36H,9-10H2,1-5H3,(H,31,32)(H,33,34,35)/t15-/m1/s1. The summed E-state index contributed by atoms with van der Waals surface area (Å²) >= 11 is 0. The molecule has 202 valence electrons. The number of hydrogen-bond acceptors (Lipinski definition) is 7. The largest absolute Gasteiger partial charge is 0.491 e. The number of nitrogens with one attached hydrogen (secondary N) is 2. The number of halogens is 3. The SMILES string of the molecule is COCCOc1cc2c(N[C@H](C)c3cccc(C(F)(F)C(C)(C)O)c3F)nc(C)nc2cc1-c1cn[nH]c1. The molecule has 0 aliphatic carbocycles. The molecule has 0 aliphatic heterocycles. The molecule has 4 aromatic rings. The third kappa shape index (κ3) is 5.30. The fourth-order valence-electron chi connectivity index (χ4n) is 4.10. The topological polar surface area (TPSA) is 105 Å². The van der Waals surface area contributed by atoms with Crippen LogP contribution in [0.1, 0.15) is 43.8 Å². The summed E-state index contributed by atoms with van der Waals surface area (Å²) < 4.78 is 56.1. The molecule has 0 amide bonds. The van der Waals surface area contributed by atoms with E-state index < -0.39 is 28.9 Å². The van der Waals surface area contributed by atoms with Gasteiger partial charge < -0.3 is 19.9 Å². The number of hydrogen-bond donors (Lipinski definition) is 3. The first-order chi connectivity index (χ1) is 17.9. The van der Waals surface area contributed by atoms with Crippen molar-refractivity contribution in [2.24, 2.45) is 0 Å². The Kier molecular flexibility index (Phi) is 7.61. The first kappa shape index (κ1) is 27.3. The molecule has 0 saturated carbocycles. The first-order valence-electron chi connectivity index (χ1n) is 12.0. The number of ether oxygens (including phenoxy) is 2. The van der Waals surface area contributed by atoms with Crippen molar-refractivity contribution < 1.29 is 27.8 Å². The Morgan fingerprint density at radius 3 is 2.58 bits per heavy atom. The summed E-state index contributed by atoms with van der Waals surface area (Å²) in [5.41, 5.74) is -1.17. The van der Waals surface area contributed by atoms with Gasteiger partial charge in [0.2, 0.25) is 0 Å². The Morgan fingerprint density at radius 2 is 1.92 bits per heavy atom. The first-order valence-corrected chi connectivity index (χ1v) is 12.0. The van der Waals surface area contributed by atoms with Crippen molar-refractivity contribution in [1.29, 1.82) is 0 Å². The number of fused-ring (bicyclic) bond motifs is 1. The van der Waals surface area contributed by atoms with E-state index in [2.05, 4.69) is 25.5 Å². The molecule has 1 atom stereocenters. The third-order valence-corrected chi connectivity index (χ3v) is 6.22. The zero-order chi connectivity index (χ0) is 27.7. The van der Waals surface area contributed by atoms with Crippen LogP contribution in [0.2, 0.25) is 0 Å². The van der Waals surface area contributed by atoms with Gasteiger partial charge in [-0.25, -0.2) is 14.4 Å². The van der Waals surface area contributed by atoms with E-state index >= 15 is 4.39 Å². The molecule has 11 heteroatoms. The number of methoxy groups -OCH3 is 1. The molecule has 0 radical (unpaired) electrons. The van der Waals surface area contributed by atoms with Gasteiger partial charge in [0.15, 0.2) is 0 Å². The second-order valence-corrected chi connectivity index (χ2v) is 9.52. The van der Waals surface area contributed by atoms with Crippen LogP contribution in [0, 0.1) is 12.7 Å². The van der Waals surface area contributed by atoms with Crippen molar-refractivity contribution >= 4 is 16.7 Å². The maximum absolute atomic E-state index is 15.4. The molecule has 0 bridgehead atoms. The fraction of sp³-hybridized carbons (Fsp3) is 0.370. The van der Waals surface area contributed by atoms with Crippen molar-refractivity contribution in [3.05, 3.63) is 65.5 Å². The number of aliphatic hydroxyl groups is 1. The number of aromatic amines is 1. The van der Waals surface area contributed by atoms with E-state index in [-0.39, 0.29) is 5.56 Å². The molecule has 2 aromatic heterocycles. The second-order valence-electron chi connectivity index (χ2n) is 9.52. The van der Waals surface area contributed by atoms with Gasteiger partial charge >= 0.3 is 5.92 Å². The molecule has 2 aromatic carbocycles. The fourth-order valence-corrected chi connectivity index (χ4v) is 4.10. The number of rotatable bonds is 10. The quantitative estimate of drug-likeness (QED) is 0.232. The van der Waals surface area contributed by atoms with E-state index in [1.165, 1.54) is 12.1 Å². The van der Waals surface area contributed by atoms with Gasteiger partial charge in [-0.05, 0) is 45.9 Å². The molecule has 0 saturated heterocycles. The van der Waals surface area contributed by atoms with Gasteiger partial charge in [0.25, 0.3) is 0 Å². The minimum absolute atomic E-state index is 0.00225. The van der Waals surface area contributed by atoms with Crippen LogP contribution < -0.4 is 10.1 Å². The van der Waals surface area contributed by atoms with Crippen LogP contribution in [0.5, 0.6) is 5.75 Å². The molecule has 2 heterocycles. The lowest BCUT2D eigenvalue weighted by atomic mass is 9.91. The highest BCUT2D eigenvalue weighted by molar-refractivity contribution is 5.94. The summed E-state index contributed by atoms with van der Waals surface area (Å²) in [6.07, 6.45) is 3.40. The predicted molar refractivity (Wildman–Crippen MR) is 138 cm³/mol. The van der Waals surface area contributed by atoms with E-state index in [0.29, 0.717) is 41.5 Å². The molecule has 38 heavy (non-hydrogen) atoms. The van der Waals surface area contributed by atoms with Gasteiger partial charge in [-0.1, -0.05) is 12.1 Å². The van der Waals surface area contributed by atoms with E-state index in [9.17, 15) is 13.9 Å². The number of H-pyrrole nitrogens is 1. The normalized spacial score (nSPS) is 13.1. The van der Waals surface area contributed by atoms with Crippen molar-refractivity contribution in [1.82, 2.24) is 20.2 Å². The van der Waals surface area contributed by atoms with Crippen LogP contribution >= 0.6 is 0 Å². The highest BCUT2D eigenvalue weighted by Gasteiger charge is 2.49. The number of aryl methyl sites for hydroxylation is 1. The maximum atomic E-state index is 15.4. The lowest BCUT2D eigenvalue weighted by Gasteiger charge is -2.30. The highest BCUT2D eigenvalue weighted by Crippen LogP contribution is 2.42. The zero-order valence-electron chi connectivity index (χ0n) is 21.8. The summed E-state index contributed by atoms with van der Waals surface area (Å²) in [6.45, 7) is 5.93. The van der Waals surface area contributed by atoms with E-state index in [1.807, 2.05) is 6.07 Å². The van der Waals surface area contributed by atoms with Gasteiger partial charge in [-0.15, -0.1) is 0 Å². The molecule has 0 unspecified atom stereocenters. The molecule has 0 spiro atoms. The van der Waals surface area contributed by atoms with Crippen molar-refractivity contribution in [3.8, 4) is 16.9 Å². The molecule has 0 fully saturated rings. The Morgan fingerprint density at radius 1 is 1.16 bits per heavy atom. The number of anilines is 1. The molecule has 3 N–H and O–H groups in total. The minimum Gasteiger partial charge on any atom is -0.491 e. The minimum atomic E-state index is -3.80. The number of nitrogens with zero attached hydrogens (tertiary/aromatic N) is 3. The lowest BCUT2D eigenvalue weighted by molar-refractivity contribution is -0.170. The van der Waals surface area contributed by atoms with Gasteiger partial charge in [-0.3, -0.25) is 5.10 Å². The summed E-state index contributed by atoms with van der Waals surface area (Å²) in [7, 11) is 1.58. The van der Waals surface area contributed by atoms with Crippen LogP contribution in [0.25, 0.3) is 22.0 Å². The average molecular weight is 530 g/mol. The lowest BCUT2D eigenvalue weighted by Crippen LogP contribution is -2.41. The molecule has 0 aliphatic rings. The maximum Gasteiger partial charge on any atom is 0.303 e. The Hall–Kier alpha value is -3.70. The van der Waals surface area contributed by atoms with Crippen LogP contribution in [-0.2, 0) is 10.7 Å². The monoisotopic (exact) mass is 529 g/mol. The summed E-state index contributed by atoms with van der Waals surface area (Å²) in [5.74, 6) is -3.52. The zero-order valence-corrected chi connectivity index (χ0v) is 21.8. The molecular formula is C27H30F3N5O3. The van der Waals surface area contributed by atoms with Crippen molar-refractivity contribution in [2.75, 3.05) is 25.6 Å². The number of aromatic nitrogens is 4. The van der Waals surface area contributed by atoms with E-state index in [4.69, 9.17) is 9.47 Å². The van der Waals surface area contributed by atoms with Crippen LogP contribution in [0.3, 0.4) is 0 Å². The summed E-state index contributed by atoms with van der Waals surface area (Å²) in [4.78, 5) is 9.06. The van der Waals surface area contributed by atoms with Gasteiger partial charge in [-0.2, -0.15) is 13.9 Å².